The van der Waals surface area contributed by atoms with Crippen LogP contribution in [0.3, 0.4) is 0 Å². The molecule has 58 valence electrons. The molecule has 0 spiro atoms. The van der Waals surface area contributed by atoms with Gasteiger partial charge in [0.25, 0.3) is 0 Å². The molecule has 0 heterocycles. The summed E-state index contributed by atoms with van der Waals surface area (Å²) in [6.45, 7) is 3.63. The fourth-order valence-electron chi connectivity index (χ4n) is 0.401. The number of amides is 1. The fourth-order valence-corrected chi connectivity index (χ4v) is 0.750. The Morgan fingerprint density at radius 3 is 2.70 bits per heavy atom. The van der Waals surface area contributed by atoms with Gasteiger partial charge in [0.15, 0.2) is 6.66 Å². The highest BCUT2D eigenvalue weighted by atomic mass is 31.1. The van der Waals surface area contributed by atoms with E-state index >= 15 is 0 Å². The van der Waals surface area contributed by atoms with Crippen LogP contribution in [0.5, 0.6) is 0 Å². The van der Waals surface area contributed by atoms with Gasteiger partial charge in [0.1, 0.15) is 6.61 Å². The average Bonchev–Trinajstić information content (AvgIpc) is 1.79. The zero-order chi connectivity index (χ0) is 7.98. The molecule has 1 N–H and O–H groups in total. The Kier molecular flexibility index (Phi) is 5.08. The Bertz CT molecular complexity index is 121. The summed E-state index contributed by atoms with van der Waals surface area (Å²) in [6, 6.07) is 0. The highest BCUT2D eigenvalue weighted by Gasteiger charge is 2.04. The molecule has 0 aromatic rings. The minimum Gasteiger partial charge on any atom is -0.354 e. The summed E-state index contributed by atoms with van der Waals surface area (Å²) in [7, 11) is -1.53. The van der Waals surface area contributed by atoms with Crippen LogP contribution in [0.25, 0.3) is 0 Å². The second kappa shape index (κ2) is 5.33. The number of nitrogens with one attached hydrogen (secondary N) is 1. The smallest absolute Gasteiger partial charge is 0.354 e. The van der Waals surface area contributed by atoms with E-state index in [2.05, 4.69) is 9.84 Å². The molecule has 0 aromatic heterocycles. The van der Waals surface area contributed by atoms with Crippen LogP contribution in [0.2, 0.25) is 0 Å². The third-order valence-electron chi connectivity index (χ3n) is 0.749. The minimum atomic E-state index is -1.53. The molecule has 1 unspecified atom stereocenters. The van der Waals surface area contributed by atoms with Gasteiger partial charge < -0.3 is 5.32 Å². The van der Waals surface area contributed by atoms with Crippen LogP contribution < -0.4 is 5.32 Å². The summed E-state index contributed by atoms with van der Waals surface area (Å²) in [4.78, 5) is 10.2. The molecule has 1 atom stereocenters. The zero-order valence-electron chi connectivity index (χ0n) is 6.09. The van der Waals surface area contributed by atoms with Crippen molar-refractivity contribution in [2.24, 2.45) is 0 Å². The second-order valence-corrected chi connectivity index (χ2v) is 2.89. The maximum absolute atomic E-state index is 10.3. The Morgan fingerprint density at radius 2 is 2.30 bits per heavy atom. The van der Waals surface area contributed by atoms with Crippen molar-refractivity contribution in [1.82, 2.24) is 5.32 Å². The second-order valence-electron chi connectivity index (χ2n) is 1.76. The number of rotatable bonds is 4. The summed E-state index contributed by atoms with van der Waals surface area (Å²) in [5, 5.41) is 2.51. The van der Waals surface area contributed by atoms with Gasteiger partial charge in [-0.25, -0.2) is 0 Å². The lowest BCUT2D eigenvalue weighted by Crippen LogP contribution is -2.23. The van der Waals surface area contributed by atoms with Crippen molar-refractivity contribution in [3.05, 3.63) is 0 Å². The summed E-state index contributed by atoms with van der Waals surface area (Å²) in [6.07, 6.45) is 0. The molecule has 0 bridgehead atoms. The zero-order valence-corrected chi connectivity index (χ0v) is 6.98. The molecule has 0 saturated carbocycles. The molecule has 10 heavy (non-hydrogen) atoms. The van der Waals surface area contributed by atoms with Crippen LogP contribution in [-0.2, 0) is 13.9 Å². The first-order valence-corrected chi connectivity index (χ1v) is 4.53. The lowest BCUT2D eigenvalue weighted by Gasteiger charge is -1.94. The number of carbonyl (C=O) groups excluding carboxylic acids is 1. The van der Waals surface area contributed by atoms with E-state index in [9.17, 15) is 9.36 Å². The minimum absolute atomic E-state index is 0.102. The van der Waals surface area contributed by atoms with Gasteiger partial charge in [0.2, 0.25) is 5.91 Å². The molecule has 0 aromatic carbocycles. The summed E-state index contributed by atoms with van der Waals surface area (Å²) in [5.41, 5.74) is 0. The van der Waals surface area contributed by atoms with E-state index < -0.39 is 8.03 Å². The highest BCUT2D eigenvalue weighted by Crippen LogP contribution is 2.13. The third-order valence-corrected chi connectivity index (χ3v) is 1.30. The molecule has 0 aliphatic heterocycles. The standard InChI is InChI=1S/C5H10NO3P/c1-5(7)6-3-4-9-10(2)8/h3-4H2,1-2H3/p+1. The van der Waals surface area contributed by atoms with Crippen LogP contribution in [0.15, 0.2) is 0 Å². The van der Waals surface area contributed by atoms with E-state index in [4.69, 9.17) is 0 Å². The van der Waals surface area contributed by atoms with Crippen LogP contribution in [0.4, 0.5) is 0 Å². The molecule has 0 rings (SSSR count). The molecule has 0 saturated heterocycles. The number of hydrogen-bond acceptors (Lipinski definition) is 3. The van der Waals surface area contributed by atoms with Gasteiger partial charge in [-0.2, -0.15) is 0 Å². The molecule has 0 aliphatic carbocycles. The Labute approximate surface area is 60.8 Å². The monoisotopic (exact) mass is 164 g/mol. The molecule has 1 amide bonds. The van der Waals surface area contributed by atoms with E-state index in [1.165, 1.54) is 13.6 Å². The van der Waals surface area contributed by atoms with Crippen LogP contribution in [0, 0.1) is 0 Å². The Morgan fingerprint density at radius 1 is 1.70 bits per heavy atom. The van der Waals surface area contributed by atoms with Gasteiger partial charge in [0, 0.05) is 13.5 Å². The van der Waals surface area contributed by atoms with E-state index in [-0.39, 0.29) is 5.91 Å². The molecular weight excluding hydrogens is 153 g/mol. The van der Waals surface area contributed by atoms with Crippen molar-refractivity contribution in [2.45, 2.75) is 6.92 Å². The maximum Gasteiger partial charge on any atom is 0.504 e. The molecule has 0 fully saturated rings. The van der Waals surface area contributed by atoms with Crippen molar-refractivity contribution in [3.63, 3.8) is 0 Å². The summed E-state index contributed by atoms with van der Waals surface area (Å²) < 4.78 is 15.0. The Hall–Kier alpha value is -0.470. The van der Waals surface area contributed by atoms with Crippen LogP contribution in [-0.4, -0.2) is 25.7 Å². The first kappa shape index (κ1) is 9.53. The molecule has 5 heteroatoms. The quantitative estimate of drug-likeness (QED) is 0.486. The van der Waals surface area contributed by atoms with Gasteiger partial charge in [-0.3, -0.25) is 4.79 Å². The third kappa shape index (κ3) is 7.53. The van der Waals surface area contributed by atoms with E-state index in [1.807, 2.05) is 0 Å². The fraction of sp³-hybridized carbons (Fsp3) is 0.800. The van der Waals surface area contributed by atoms with Crippen molar-refractivity contribution in [1.29, 1.82) is 0 Å². The topological polar surface area (TPSA) is 55.4 Å². The molecule has 0 radical (unpaired) electrons. The van der Waals surface area contributed by atoms with Crippen LogP contribution >= 0.6 is 8.03 Å². The van der Waals surface area contributed by atoms with Gasteiger partial charge in [-0.15, -0.1) is 4.52 Å². The van der Waals surface area contributed by atoms with Crippen LogP contribution in [0.1, 0.15) is 6.92 Å². The normalized spacial score (nSPS) is 10.8. The van der Waals surface area contributed by atoms with Crippen molar-refractivity contribution >= 4 is 13.9 Å². The maximum atomic E-state index is 10.3. The van der Waals surface area contributed by atoms with Gasteiger partial charge in [-0.1, -0.05) is 0 Å². The van der Waals surface area contributed by atoms with E-state index in [1.54, 1.807) is 0 Å². The number of hydrogen-bond donors (Lipinski definition) is 1. The summed E-state index contributed by atoms with van der Waals surface area (Å²) >= 11 is 0. The molecule has 4 nitrogen and oxygen atoms in total. The van der Waals surface area contributed by atoms with E-state index in [0.717, 1.165) is 0 Å². The van der Waals surface area contributed by atoms with Crippen molar-refractivity contribution in [2.75, 3.05) is 19.8 Å². The Balaban J connectivity index is 3.06. The highest BCUT2D eigenvalue weighted by molar-refractivity contribution is 7.38. The first-order chi connectivity index (χ1) is 4.63. The van der Waals surface area contributed by atoms with Crippen molar-refractivity contribution < 1.29 is 13.9 Å². The lowest BCUT2D eigenvalue weighted by molar-refractivity contribution is -0.119. The van der Waals surface area contributed by atoms with E-state index in [0.29, 0.717) is 13.2 Å². The van der Waals surface area contributed by atoms with Gasteiger partial charge >= 0.3 is 8.03 Å². The predicted molar refractivity (Wildman–Crippen MR) is 38.2 cm³/mol. The molecular formula is C5H11NO3P+. The lowest BCUT2D eigenvalue weighted by atomic mass is 10.6. The predicted octanol–water partition coefficient (Wildman–Crippen LogP) is 0.511. The molecule has 0 aliphatic rings. The van der Waals surface area contributed by atoms with Crippen molar-refractivity contribution in [3.8, 4) is 0 Å². The largest absolute Gasteiger partial charge is 0.504 e. The number of carbonyl (C=O) groups is 1. The average molecular weight is 164 g/mol. The van der Waals surface area contributed by atoms with Gasteiger partial charge in [-0.05, 0) is 4.57 Å². The SMILES string of the molecule is CC(=O)NCCO[P+](C)=O. The first-order valence-electron chi connectivity index (χ1n) is 2.91. The summed E-state index contributed by atoms with van der Waals surface area (Å²) in [5.74, 6) is -0.102. The van der Waals surface area contributed by atoms with Gasteiger partial charge in [0.05, 0.1) is 0 Å².